The normalized spacial score (nSPS) is 16.7. The van der Waals surface area contributed by atoms with E-state index in [0.717, 1.165) is 69.9 Å². The zero-order valence-electron chi connectivity index (χ0n) is 25.9. The molecule has 2 saturated heterocycles. The van der Waals surface area contributed by atoms with Gasteiger partial charge in [-0.25, -0.2) is 10.7 Å². The number of nitrogens with two attached hydrogens (primary N) is 2. The van der Waals surface area contributed by atoms with Crippen LogP contribution in [-0.4, -0.2) is 74.6 Å². The zero-order valence-corrected chi connectivity index (χ0v) is 25.9. The highest BCUT2D eigenvalue weighted by Gasteiger charge is 2.30. The molecule has 0 saturated carbocycles. The van der Waals surface area contributed by atoms with Crippen LogP contribution in [0.1, 0.15) is 70.4 Å². The van der Waals surface area contributed by atoms with E-state index in [0.29, 0.717) is 30.2 Å². The molecule has 12 nitrogen and oxygen atoms in total. The molecule has 0 atom stereocenters. The summed E-state index contributed by atoms with van der Waals surface area (Å²) in [6.07, 6.45) is 6.40. The number of aromatic amines is 1. The highest BCUT2D eigenvalue weighted by Crippen LogP contribution is 2.33. The van der Waals surface area contributed by atoms with Crippen molar-refractivity contribution in [3.8, 4) is 6.01 Å². The van der Waals surface area contributed by atoms with Gasteiger partial charge in [0, 0.05) is 19.6 Å². The minimum absolute atomic E-state index is 0.0134. The number of carbonyl (C=O) groups excluding carboxylic acids is 1. The van der Waals surface area contributed by atoms with E-state index in [4.69, 9.17) is 16.4 Å². The number of hydrogen-bond donors (Lipinski definition) is 3. The number of nitrogens with one attached hydrogen (secondary N) is 1. The number of nitrogen functional groups attached to an aromatic ring is 1. The van der Waals surface area contributed by atoms with Crippen LogP contribution in [0.15, 0.2) is 29.1 Å². The topological polar surface area (TPSA) is 158 Å². The lowest BCUT2D eigenvalue weighted by Crippen LogP contribution is -2.44. The third-order valence-corrected chi connectivity index (χ3v) is 8.53. The van der Waals surface area contributed by atoms with Crippen molar-refractivity contribution in [2.45, 2.75) is 72.4 Å². The van der Waals surface area contributed by atoms with Gasteiger partial charge < -0.3 is 20.4 Å². The lowest BCUT2D eigenvalue weighted by atomic mass is 9.78. The predicted molar refractivity (Wildman–Crippen MR) is 167 cm³/mol. The molecule has 0 unspecified atom stereocenters. The summed E-state index contributed by atoms with van der Waals surface area (Å²) in [5.41, 5.74) is 8.94. The fourth-order valence-corrected chi connectivity index (χ4v) is 6.11. The van der Waals surface area contributed by atoms with Crippen molar-refractivity contribution in [2.24, 2.45) is 17.7 Å². The largest absolute Gasteiger partial charge is 0.463 e. The number of carbonyl (C=O) groups is 1. The van der Waals surface area contributed by atoms with Crippen LogP contribution in [-0.2, 0) is 22.7 Å². The number of imidazole rings is 1. The maximum Gasteiger partial charge on any atom is 0.328 e. The van der Waals surface area contributed by atoms with Crippen LogP contribution < -0.4 is 22.1 Å². The molecule has 1 aromatic carbocycles. The third kappa shape index (κ3) is 8.33. The molecule has 43 heavy (non-hydrogen) atoms. The molecule has 12 heteroatoms. The highest BCUT2D eigenvalue weighted by atomic mass is 16.6. The first-order valence-corrected chi connectivity index (χ1v) is 15.7. The quantitative estimate of drug-likeness (QED) is 0.223. The number of amides is 1. The maximum atomic E-state index is 12.7. The van der Waals surface area contributed by atoms with E-state index in [1.807, 2.05) is 18.7 Å². The number of benzene rings is 1. The summed E-state index contributed by atoms with van der Waals surface area (Å²) in [6.45, 7) is 11.6. The molecule has 5 rings (SSSR count). The molecule has 0 aliphatic carbocycles. The van der Waals surface area contributed by atoms with Gasteiger partial charge in [0.15, 0.2) is 11.5 Å². The number of fused-ring (bicyclic) bond motifs is 1. The van der Waals surface area contributed by atoms with Crippen LogP contribution in [0.25, 0.3) is 11.2 Å². The molecule has 2 aliphatic rings. The highest BCUT2D eigenvalue weighted by molar-refractivity contribution is 5.82. The fourth-order valence-electron chi connectivity index (χ4n) is 6.11. The molecular weight excluding hydrogens is 548 g/mol. The van der Waals surface area contributed by atoms with Crippen molar-refractivity contribution in [1.82, 2.24) is 29.3 Å². The summed E-state index contributed by atoms with van der Waals surface area (Å²) in [4.78, 5) is 45.1. The Balaban J connectivity index is 0.00000207. The first-order valence-electron chi connectivity index (χ1n) is 15.7. The second kappa shape index (κ2) is 15.8. The molecule has 236 valence electrons. The number of nitrogens with zero attached hydrogens (tertiary/aromatic N) is 5. The van der Waals surface area contributed by atoms with Gasteiger partial charge in [0.2, 0.25) is 0 Å². The van der Waals surface area contributed by atoms with Gasteiger partial charge in [-0.3, -0.25) is 19.1 Å². The van der Waals surface area contributed by atoms with Crippen molar-refractivity contribution >= 4 is 22.9 Å². The zero-order chi connectivity index (χ0) is 30.8. The van der Waals surface area contributed by atoms with Crippen molar-refractivity contribution in [3.63, 3.8) is 0 Å². The summed E-state index contributed by atoms with van der Waals surface area (Å²) in [5.74, 6) is 6.65. The molecule has 5 N–H and O–H groups in total. The van der Waals surface area contributed by atoms with Gasteiger partial charge in [-0.15, -0.1) is 0 Å². The van der Waals surface area contributed by atoms with Crippen molar-refractivity contribution < 1.29 is 14.4 Å². The average Bonchev–Trinajstić information content (AvgIpc) is 3.35. The second-order valence-corrected chi connectivity index (χ2v) is 11.3. The molecule has 2 aromatic heterocycles. The Bertz CT molecular complexity index is 1360. The van der Waals surface area contributed by atoms with Crippen molar-refractivity contribution in [3.05, 3.63) is 45.9 Å². The van der Waals surface area contributed by atoms with Gasteiger partial charge in [-0.2, -0.15) is 9.97 Å². The lowest BCUT2D eigenvalue weighted by molar-refractivity contribution is -0.138. The van der Waals surface area contributed by atoms with Gasteiger partial charge in [-0.1, -0.05) is 51.5 Å². The Morgan fingerprint density at radius 2 is 1.58 bits per heavy atom. The molecule has 0 spiro atoms. The summed E-state index contributed by atoms with van der Waals surface area (Å²) in [5, 5.41) is 0. The Morgan fingerprint density at radius 1 is 0.977 bits per heavy atom. The summed E-state index contributed by atoms with van der Waals surface area (Å²) in [6, 6.07) is 8.61. The van der Waals surface area contributed by atoms with Gasteiger partial charge in [-0.05, 0) is 68.2 Å². The van der Waals surface area contributed by atoms with E-state index < -0.39 is 0 Å². The van der Waals surface area contributed by atoms with Crippen LogP contribution in [0.5, 0.6) is 6.01 Å². The Hall–Kier alpha value is -3.48. The van der Waals surface area contributed by atoms with Crippen LogP contribution in [0.2, 0.25) is 0 Å². The molecule has 0 radical (unpaired) electrons. The van der Waals surface area contributed by atoms with Gasteiger partial charge >= 0.3 is 11.7 Å². The Morgan fingerprint density at radius 3 is 2.19 bits per heavy atom. The predicted octanol–water partition coefficient (Wildman–Crippen LogP) is 3.30. The maximum absolute atomic E-state index is 12.7. The minimum Gasteiger partial charge on any atom is -0.463 e. The number of H-pyrrole nitrogens is 1. The summed E-state index contributed by atoms with van der Waals surface area (Å²) in [7, 11) is 0. The number of anilines is 1. The molecular formula is C31H48N8O4. The SMILES string of the molecule is CC.CCCCOc1nc(N)c2[nH]c(=O)n(Cc3ccc(CN4CCC(C5CCN(C(=O)CON)CC5)CC4)cc3)c2n1. The summed E-state index contributed by atoms with van der Waals surface area (Å²) >= 11 is 0. The van der Waals surface area contributed by atoms with Crippen LogP contribution in [0.3, 0.4) is 0 Å². The van der Waals surface area contributed by atoms with Crippen LogP contribution in [0.4, 0.5) is 5.82 Å². The number of aromatic nitrogens is 4. The number of ether oxygens (including phenoxy) is 1. The van der Waals surface area contributed by atoms with Gasteiger partial charge in [0.25, 0.3) is 5.91 Å². The monoisotopic (exact) mass is 596 g/mol. The standard InChI is InChI=1S/C29H42N8O4.C2H6/c1-2-3-16-40-28-33-26(30)25-27(34-28)37(29(39)32-25)18-21-6-4-20(5-7-21)17-35-12-8-22(9-13-35)23-10-14-36(15-11-23)24(38)19-41-31;1-2/h4-7,22-23H,2-3,8-19,31H2,1H3,(H,32,39)(H2,30,33,34);1-2H3. The molecule has 3 aromatic rings. The lowest BCUT2D eigenvalue weighted by Gasteiger charge is -2.40. The number of unbranched alkanes of at least 4 members (excludes halogenated alkanes) is 1. The number of rotatable bonds is 11. The number of hydrogen-bond acceptors (Lipinski definition) is 9. The Kier molecular flexibility index (Phi) is 11.9. The molecule has 2 aliphatic heterocycles. The van der Waals surface area contributed by atoms with Gasteiger partial charge in [0.05, 0.1) is 13.2 Å². The second-order valence-electron chi connectivity index (χ2n) is 11.3. The minimum atomic E-state index is -0.277. The van der Waals surface area contributed by atoms with Gasteiger partial charge in [0.1, 0.15) is 12.1 Å². The van der Waals surface area contributed by atoms with E-state index in [1.54, 1.807) is 4.57 Å². The number of likely N-dealkylation sites (tertiary alicyclic amines) is 2. The molecule has 1 amide bonds. The van der Waals surface area contributed by atoms with E-state index in [-0.39, 0.29) is 30.0 Å². The van der Waals surface area contributed by atoms with Crippen LogP contribution in [0, 0.1) is 11.8 Å². The third-order valence-electron chi connectivity index (χ3n) is 8.53. The first-order chi connectivity index (χ1) is 20.9. The Labute approximate surface area is 253 Å². The van der Waals surface area contributed by atoms with E-state index in [9.17, 15) is 9.59 Å². The fraction of sp³-hybridized carbons (Fsp3) is 0.613. The molecule has 2 fully saturated rings. The van der Waals surface area contributed by atoms with Crippen LogP contribution >= 0.6 is 0 Å². The van der Waals surface area contributed by atoms with E-state index >= 15 is 0 Å². The van der Waals surface area contributed by atoms with Crippen molar-refractivity contribution in [2.75, 3.05) is 45.1 Å². The number of piperidine rings is 2. The van der Waals surface area contributed by atoms with Crippen molar-refractivity contribution in [1.29, 1.82) is 0 Å². The van der Waals surface area contributed by atoms with E-state index in [1.165, 1.54) is 18.4 Å². The average molecular weight is 597 g/mol. The molecule has 0 bridgehead atoms. The smallest absolute Gasteiger partial charge is 0.328 e. The first kappa shape index (κ1) is 32.4. The molecule has 4 heterocycles. The summed E-state index contributed by atoms with van der Waals surface area (Å²) < 4.78 is 7.22. The van der Waals surface area contributed by atoms with E-state index in [2.05, 4.69) is 55.9 Å².